The van der Waals surface area contributed by atoms with E-state index in [1.54, 1.807) is 0 Å². The Morgan fingerprint density at radius 1 is 1.17 bits per heavy atom. The van der Waals surface area contributed by atoms with Crippen molar-refractivity contribution < 1.29 is 9.59 Å². The summed E-state index contributed by atoms with van der Waals surface area (Å²) in [5.41, 5.74) is 2.35. The number of para-hydroxylation sites is 1. The standard InChI is InChI=1S/C19H24N2O2/c1-12-8-4-6-10-15(12)20-19(23)18(22)17-13(2)21(3)16-11-7-5-9-14(16)17/h5,7,9,11-12,15H,4,6,8,10H2,1-3H3,(H,20,23)/t12-,15+/m1/s1. The van der Waals surface area contributed by atoms with E-state index in [2.05, 4.69) is 12.2 Å². The molecular formula is C19H24N2O2. The van der Waals surface area contributed by atoms with Crippen LogP contribution in [0.25, 0.3) is 10.9 Å². The fourth-order valence-corrected chi connectivity index (χ4v) is 3.69. The normalized spacial score (nSPS) is 21.3. The summed E-state index contributed by atoms with van der Waals surface area (Å²) in [6.45, 7) is 4.04. The first-order valence-electron chi connectivity index (χ1n) is 8.40. The topological polar surface area (TPSA) is 51.1 Å². The maximum atomic E-state index is 12.7. The van der Waals surface area contributed by atoms with Crippen molar-refractivity contribution in [2.45, 2.75) is 45.6 Å². The molecule has 1 amide bonds. The number of hydrogen-bond donors (Lipinski definition) is 1. The summed E-state index contributed by atoms with van der Waals surface area (Å²) >= 11 is 0. The van der Waals surface area contributed by atoms with Gasteiger partial charge in [-0.25, -0.2) is 0 Å². The van der Waals surface area contributed by atoms with Crippen molar-refractivity contribution in [1.82, 2.24) is 9.88 Å². The van der Waals surface area contributed by atoms with Crippen molar-refractivity contribution in [3.63, 3.8) is 0 Å². The second-order valence-electron chi connectivity index (χ2n) is 6.71. The monoisotopic (exact) mass is 312 g/mol. The van der Waals surface area contributed by atoms with Crippen LogP contribution in [0.15, 0.2) is 24.3 Å². The molecular weight excluding hydrogens is 288 g/mol. The molecule has 0 bridgehead atoms. The zero-order valence-corrected chi connectivity index (χ0v) is 14.1. The number of amides is 1. The molecule has 0 radical (unpaired) electrons. The first-order valence-corrected chi connectivity index (χ1v) is 8.40. The SMILES string of the molecule is Cc1c(C(=O)C(=O)N[C@H]2CCCC[C@H]2C)c2ccccc2n1C. The van der Waals surface area contributed by atoms with E-state index in [-0.39, 0.29) is 6.04 Å². The third kappa shape index (κ3) is 2.78. The highest BCUT2D eigenvalue weighted by molar-refractivity contribution is 6.45. The molecule has 1 heterocycles. The predicted molar refractivity (Wildman–Crippen MR) is 91.5 cm³/mol. The van der Waals surface area contributed by atoms with Crippen molar-refractivity contribution in [3.05, 3.63) is 35.5 Å². The van der Waals surface area contributed by atoms with Crippen LogP contribution in [-0.2, 0) is 11.8 Å². The Morgan fingerprint density at radius 2 is 1.87 bits per heavy atom. The summed E-state index contributed by atoms with van der Waals surface area (Å²) in [5.74, 6) is -0.450. The number of Topliss-reactive ketones (excluding diaryl/α,β-unsaturated/α-hetero) is 1. The van der Waals surface area contributed by atoms with Crippen LogP contribution in [0.5, 0.6) is 0 Å². The molecule has 4 nitrogen and oxygen atoms in total. The number of nitrogens with one attached hydrogen (secondary N) is 1. The highest BCUT2D eigenvalue weighted by Crippen LogP contribution is 2.26. The maximum Gasteiger partial charge on any atom is 0.292 e. The van der Waals surface area contributed by atoms with Gasteiger partial charge < -0.3 is 9.88 Å². The first kappa shape index (κ1) is 15.8. The van der Waals surface area contributed by atoms with E-state index in [1.165, 1.54) is 6.42 Å². The van der Waals surface area contributed by atoms with Crippen LogP contribution >= 0.6 is 0 Å². The summed E-state index contributed by atoms with van der Waals surface area (Å²) < 4.78 is 1.97. The fourth-order valence-electron chi connectivity index (χ4n) is 3.69. The number of ketones is 1. The van der Waals surface area contributed by atoms with E-state index in [4.69, 9.17) is 0 Å². The summed E-state index contributed by atoms with van der Waals surface area (Å²) in [7, 11) is 1.93. The Morgan fingerprint density at radius 3 is 2.61 bits per heavy atom. The minimum atomic E-state index is -0.469. The highest BCUT2D eigenvalue weighted by Gasteiger charge is 2.28. The molecule has 2 atom stereocenters. The molecule has 1 aromatic carbocycles. The smallest absolute Gasteiger partial charge is 0.292 e. The molecule has 1 aliphatic carbocycles. The lowest BCUT2D eigenvalue weighted by Gasteiger charge is -2.29. The molecule has 0 spiro atoms. The Bertz CT molecular complexity index is 760. The van der Waals surface area contributed by atoms with E-state index in [0.717, 1.165) is 35.9 Å². The highest BCUT2D eigenvalue weighted by atomic mass is 16.2. The van der Waals surface area contributed by atoms with Gasteiger partial charge in [0.1, 0.15) is 0 Å². The second-order valence-corrected chi connectivity index (χ2v) is 6.71. The Labute approximate surface area is 136 Å². The summed E-state index contributed by atoms with van der Waals surface area (Å²) in [6.07, 6.45) is 4.42. The number of carbonyl (C=O) groups excluding carboxylic acids is 2. The number of carbonyl (C=O) groups is 2. The average molecular weight is 312 g/mol. The predicted octanol–water partition coefficient (Wildman–Crippen LogP) is 3.36. The molecule has 2 aromatic rings. The number of nitrogens with zero attached hydrogens (tertiary/aromatic N) is 1. The molecule has 1 aliphatic rings. The molecule has 0 unspecified atom stereocenters. The summed E-state index contributed by atoms with van der Waals surface area (Å²) in [6, 6.07) is 7.85. The van der Waals surface area contributed by atoms with Gasteiger partial charge in [0.25, 0.3) is 11.7 Å². The van der Waals surface area contributed by atoms with Crippen LogP contribution in [0.3, 0.4) is 0 Å². The van der Waals surface area contributed by atoms with Crippen molar-refractivity contribution in [3.8, 4) is 0 Å². The summed E-state index contributed by atoms with van der Waals surface area (Å²) in [4.78, 5) is 25.2. The lowest BCUT2D eigenvalue weighted by Crippen LogP contribution is -2.44. The molecule has 122 valence electrons. The number of rotatable bonds is 3. The third-order valence-electron chi connectivity index (χ3n) is 5.26. The minimum absolute atomic E-state index is 0.121. The van der Waals surface area contributed by atoms with Crippen LogP contribution in [0, 0.1) is 12.8 Å². The zero-order valence-electron chi connectivity index (χ0n) is 14.1. The Hall–Kier alpha value is -2.10. The van der Waals surface area contributed by atoms with Gasteiger partial charge in [-0.1, -0.05) is 38.0 Å². The minimum Gasteiger partial charge on any atom is -0.347 e. The lowest BCUT2D eigenvalue weighted by atomic mass is 9.86. The molecule has 1 fully saturated rings. The zero-order chi connectivity index (χ0) is 16.6. The molecule has 3 rings (SSSR count). The molecule has 1 aromatic heterocycles. The summed E-state index contributed by atoms with van der Waals surface area (Å²) in [5, 5.41) is 3.82. The fraction of sp³-hybridized carbons (Fsp3) is 0.474. The van der Waals surface area contributed by atoms with E-state index in [1.807, 2.05) is 42.8 Å². The van der Waals surface area contributed by atoms with Crippen molar-refractivity contribution in [2.75, 3.05) is 0 Å². The molecule has 0 saturated heterocycles. The molecule has 0 aliphatic heterocycles. The van der Waals surface area contributed by atoms with Gasteiger partial charge in [0.15, 0.2) is 0 Å². The van der Waals surface area contributed by atoms with Crippen molar-refractivity contribution >= 4 is 22.6 Å². The van der Waals surface area contributed by atoms with Gasteiger partial charge in [0.05, 0.1) is 5.56 Å². The van der Waals surface area contributed by atoms with E-state index >= 15 is 0 Å². The van der Waals surface area contributed by atoms with E-state index in [0.29, 0.717) is 11.5 Å². The van der Waals surface area contributed by atoms with Gasteiger partial charge in [-0.05, 0) is 31.7 Å². The van der Waals surface area contributed by atoms with Crippen LogP contribution in [0.4, 0.5) is 0 Å². The van der Waals surface area contributed by atoms with E-state index in [9.17, 15) is 9.59 Å². The first-order chi connectivity index (χ1) is 11.0. The van der Waals surface area contributed by atoms with Gasteiger partial charge in [-0.3, -0.25) is 9.59 Å². The maximum absolute atomic E-state index is 12.7. The number of aryl methyl sites for hydroxylation is 1. The molecule has 1 saturated carbocycles. The second kappa shape index (κ2) is 6.19. The van der Waals surface area contributed by atoms with Crippen LogP contribution < -0.4 is 5.32 Å². The van der Waals surface area contributed by atoms with Crippen molar-refractivity contribution in [2.24, 2.45) is 13.0 Å². The van der Waals surface area contributed by atoms with Gasteiger partial charge >= 0.3 is 0 Å². The van der Waals surface area contributed by atoms with Gasteiger partial charge in [0, 0.05) is 29.7 Å². The Balaban J connectivity index is 1.88. The molecule has 4 heteroatoms. The van der Waals surface area contributed by atoms with Gasteiger partial charge in [0.2, 0.25) is 0 Å². The number of benzene rings is 1. The molecule has 1 N–H and O–H groups in total. The molecule has 23 heavy (non-hydrogen) atoms. The van der Waals surface area contributed by atoms with Crippen molar-refractivity contribution in [1.29, 1.82) is 0 Å². The average Bonchev–Trinajstić information content (AvgIpc) is 2.81. The van der Waals surface area contributed by atoms with Gasteiger partial charge in [-0.15, -0.1) is 0 Å². The van der Waals surface area contributed by atoms with Crippen LogP contribution in [0.2, 0.25) is 0 Å². The number of fused-ring (bicyclic) bond motifs is 1. The third-order valence-corrected chi connectivity index (χ3v) is 5.26. The van der Waals surface area contributed by atoms with Gasteiger partial charge in [-0.2, -0.15) is 0 Å². The quantitative estimate of drug-likeness (QED) is 0.698. The number of hydrogen-bond acceptors (Lipinski definition) is 2. The van der Waals surface area contributed by atoms with E-state index < -0.39 is 11.7 Å². The largest absolute Gasteiger partial charge is 0.347 e. The Kier molecular flexibility index (Phi) is 4.24. The lowest BCUT2D eigenvalue weighted by molar-refractivity contribution is -0.118. The van der Waals surface area contributed by atoms with Crippen LogP contribution in [-0.4, -0.2) is 22.3 Å². The number of aromatic nitrogens is 1. The van der Waals surface area contributed by atoms with Crippen LogP contribution in [0.1, 0.15) is 48.7 Å².